The van der Waals surface area contributed by atoms with Crippen LogP contribution in [0.5, 0.6) is 0 Å². The summed E-state index contributed by atoms with van der Waals surface area (Å²) in [5, 5.41) is 9.49. The number of ether oxygens (including phenoxy) is 2. The summed E-state index contributed by atoms with van der Waals surface area (Å²) in [6, 6.07) is 0. The van der Waals surface area contributed by atoms with E-state index in [0.29, 0.717) is 12.8 Å². The average molecular weight is 563 g/mol. The van der Waals surface area contributed by atoms with Crippen LogP contribution < -0.4 is 0 Å². The van der Waals surface area contributed by atoms with Crippen molar-refractivity contribution in [2.45, 2.75) is 161 Å². The number of hydrogen-bond donors (Lipinski definition) is 1. The van der Waals surface area contributed by atoms with Crippen molar-refractivity contribution in [2.24, 2.45) is 0 Å². The van der Waals surface area contributed by atoms with Crippen LogP contribution >= 0.6 is 0 Å². The minimum absolute atomic E-state index is 0.0711. The quantitative estimate of drug-likeness (QED) is 0.0558. The molecule has 0 radical (unpaired) electrons. The van der Waals surface area contributed by atoms with Gasteiger partial charge in [-0.15, -0.1) is 0 Å². The van der Waals surface area contributed by atoms with Gasteiger partial charge in [0.1, 0.15) is 6.61 Å². The number of hydrogen-bond acceptors (Lipinski definition) is 5. The Labute approximate surface area is 246 Å². The zero-order valence-corrected chi connectivity index (χ0v) is 26.1. The average Bonchev–Trinajstić information content (AvgIpc) is 2.96. The van der Waals surface area contributed by atoms with E-state index in [-0.39, 0.29) is 25.2 Å². The maximum absolute atomic E-state index is 12.1. The molecule has 0 aliphatic heterocycles. The van der Waals surface area contributed by atoms with Crippen LogP contribution in [0.1, 0.15) is 155 Å². The van der Waals surface area contributed by atoms with Crippen molar-refractivity contribution in [1.82, 2.24) is 0 Å². The lowest BCUT2D eigenvalue weighted by Crippen LogP contribution is -2.28. The second-order valence-electron chi connectivity index (χ2n) is 10.9. The molecule has 40 heavy (non-hydrogen) atoms. The maximum atomic E-state index is 12.1. The van der Waals surface area contributed by atoms with Gasteiger partial charge in [0.25, 0.3) is 0 Å². The Bertz CT molecular complexity index is 652. The zero-order chi connectivity index (χ0) is 29.4. The van der Waals surface area contributed by atoms with E-state index in [4.69, 9.17) is 9.47 Å². The van der Waals surface area contributed by atoms with Crippen LogP contribution in [-0.2, 0) is 19.1 Å². The molecule has 0 amide bonds. The fourth-order valence-electron chi connectivity index (χ4n) is 4.45. The molecule has 0 heterocycles. The summed E-state index contributed by atoms with van der Waals surface area (Å²) in [6.45, 7) is 3.98. The van der Waals surface area contributed by atoms with Gasteiger partial charge in [-0.05, 0) is 44.9 Å². The number of esters is 2. The molecule has 0 spiro atoms. The molecule has 0 saturated carbocycles. The Morgan fingerprint density at radius 2 is 1.07 bits per heavy atom. The van der Waals surface area contributed by atoms with Crippen LogP contribution in [0.25, 0.3) is 0 Å². The third-order valence-corrected chi connectivity index (χ3v) is 6.95. The van der Waals surface area contributed by atoms with E-state index in [1.165, 1.54) is 57.8 Å². The normalized spacial score (nSPS) is 12.6. The van der Waals surface area contributed by atoms with Crippen molar-refractivity contribution < 1.29 is 24.2 Å². The molecule has 0 saturated heterocycles. The molecule has 0 bridgehead atoms. The first-order valence-corrected chi connectivity index (χ1v) is 16.5. The van der Waals surface area contributed by atoms with Crippen LogP contribution in [0, 0.1) is 0 Å². The summed E-state index contributed by atoms with van der Waals surface area (Å²) in [6.07, 6.45) is 36.2. The van der Waals surface area contributed by atoms with Gasteiger partial charge >= 0.3 is 11.9 Å². The highest BCUT2D eigenvalue weighted by atomic mass is 16.6. The molecule has 5 heteroatoms. The Balaban J connectivity index is 3.62. The van der Waals surface area contributed by atoms with Crippen molar-refractivity contribution in [2.75, 3.05) is 13.2 Å². The number of rotatable bonds is 29. The minimum atomic E-state index is -0.775. The number of allylic oxidation sites excluding steroid dienone is 6. The van der Waals surface area contributed by atoms with Crippen molar-refractivity contribution in [3.05, 3.63) is 36.5 Å². The van der Waals surface area contributed by atoms with Crippen LogP contribution in [0.4, 0.5) is 0 Å². The van der Waals surface area contributed by atoms with E-state index < -0.39 is 6.10 Å². The SMILES string of the molecule is CC/C=C\C/C=C\C/C=C\CCCCCCCC(=O)O[C@@H](CO)COC(=O)CCCCCCCCCCCCC. The van der Waals surface area contributed by atoms with E-state index in [0.717, 1.165) is 70.6 Å². The third-order valence-electron chi connectivity index (χ3n) is 6.95. The van der Waals surface area contributed by atoms with Gasteiger partial charge in [-0.2, -0.15) is 0 Å². The molecule has 0 rings (SSSR count). The second-order valence-corrected chi connectivity index (χ2v) is 10.9. The predicted octanol–water partition coefficient (Wildman–Crippen LogP) is 9.72. The van der Waals surface area contributed by atoms with Crippen molar-refractivity contribution >= 4 is 11.9 Å². The summed E-state index contributed by atoms with van der Waals surface area (Å²) in [5.74, 6) is -0.613. The van der Waals surface area contributed by atoms with Gasteiger partial charge in [-0.1, -0.05) is 134 Å². The molecular formula is C35H62O5. The Hall–Kier alpha value is -1.88. The van der Waals surface area contributed by atoms with Crippen LogP contribution in [0.3, 0.4) is 0 Å². The molecule has 0 aliphatic carbocycles. The Morgan fingerprint density at radius 3 is 1.62 bits per heavy atom. The molecule has 0 unspecified atom stereocenters. The van der Waals surface area contributed by atoms with Crippen LogP contribution in [0.2, 0.25) is 0 Å². The first-order chi connectivity index (χ1) is 19.6. The first kappa shape index (κ1) is 38.1. The summed E-state index contributed by atoms with van der Waals surface area (Å²) in [5.41, 5.74) is 0. The van der Waals surface area contributed by atoms with E-state index >= 15 is 0 Å². The van der Waals surface area contributed by atoms with Crippen LogP contribution in [-0.4, -0.2) is 36.4 Å². The van der Waals surface area contributed by atoms with E-state index in [9.17, 15) is 14.7 Å². The highest BCUT2D eigenvalue weighted by Crippen LogP contribution is 2.13. The topological polar surface area (TPSA) is 72.8 Å². The fraction of sp³-hybridized carbons (Fsp3) is 0.771. The van der Waals surface area contributed by atoms with Gasteiger partial charge in [0.15, 0.2) is 6.10 Å². The molecule has 0 aromatic carbocycles. The number of carbonyl (C=O) groups is 2. The molecule has 0 fully saturated rings. The van der Waals surface area contributed by atoms with Gasteiger partial charge < -0.3 is 14.6 Å². The lowest BCUT2D eigenvalue weighted by atomic mass is 10.1. The van der Waals surface area contributed by atoms with Crippen molar-refractivity contribution in [3.63, 3.8) is 0 Å². The van der Waals surface area contributed by atoms with Crippen molar-refractivity contribution in [1.29, 1.82) is 0 Å². The maximum Gasteiger partial charge on any atom is 0.306 e. The van der Waals surface area contributed by atoms with Gasteiger partial charge in [-0.3, -0.25) is 9.59 Å². The van der Waals surface area contributed by atoms with Gasteiger partial charge in [0.2, 0.25) is 0 Å². The molecule has 0 aromatic heterocycles. The monoisotopic (exact) mass is 562 g/mol. The highest BCUT2D eigenvalue weighted by molar-refractivity contribution is 5.70. The highest BCUT2D eigenvalue weighted by Gasteiger charge is 2.16. The molecule has 0 aliphatic rings. The lowest BCUT2D eigenvalue weighted by molar-refractivity contribution is -0.161. The zero-order valence-electron chi connectivity index (χ0n) is 26.1. The number of carbonyl (C=O) groups excluding carboxylic acids is 2. The molecule has 232 valence electrons. The van der Waals surface area contributed by atoms with Crippen LogP contribution in [0.15, 0.2) is 36.5 Å². The molecule has 0 aromatic rings. The summed E-state index contributed by atoms with van der Waals surface area (Å²) in [4.78, 5) is 24.1. The summed E-state index contributed by atoms with van der Waals surface area (Å²) < 4.78 is 10.5. The predicted molar refractivity (Wildman–Crippen MR) is 168 cm³/mol. The Morgan fingerprint density at radius 1 is 0.600 bits per heavy atom. The minimum Gasteiger partial charge on any atom is -0.462 e. The standard InChI is InChI=1S/C35H62O5/c1-3-5-7-9-11-13-15-16-17-18-20-22-24-26-28-30-35(38)40-33(31-36)32-39-34(37)29-27-25-23-21-19-14-12-10-8-6-4-2/h5,7,11,13,16-17,33,36H,3-4,6,8-10,12,14-15,18-32H2,1-2H3/b7-5-,13-11-,17-16-/t33-/m0/s1. The first-order valence-electron chi connectivity index (χ1n) is 16.5. The molecule has 1 atom stereocenters. The fourth-order valence-corrected chi connectivity index (χ4v) is 4.45. The summed E-state index contributed by atoms with van der Waals surface area (Å²) in [7, 11) is 0. The molecule has 1 N–H and O–H groups in total. The number of aliphatic hydroxyl groups is 1. The van der Waals surface area contributed by atoms with E-state index in [2.05, 4.69) is 50.3 Å². The van der Waals surface area contributed by atoms with Crippen molar-refractivity contribution in [3.8, 4) is 0 Å². The second kappa shape index (κ2) is 31.6. The summed E-state index contributed by atoms with van der Waals surface area (Å²) >= 11 is 0. The smallest absolute Gasteiger partial charge is 0.306 e. The Kier molecular flexibility index (Phi) is 30.2. The van der Waals surface area contributed by atoms with Gasteiger partial charge in [0, 0.05) is 12.8 Å². The van der Waals surface area contributed by atoms with Gasteiger partial charge in [0.05, 0.1) is 6.61 Å². The number of aliphatic hydroxyl groups excluding tert-OH is 1. The largest absolute Gasteiger partial charge is 0.462 e. The number of unbranched alkanes of at least 4 members (excludes halogenated alkanes) is 15. The third kappa shape index (κ3) is 29.1. The van der Waals surface area contributed by atoms with E-state index in [1.54, 1.807) is 0 Å². The van der Waals surface area contributed by atoms with E-state index in [1.807, 2.05) is 0 Å². The lowest BCUT2D eigenvalue weighted by Gasteiger charge is -2.15. The van der Waals surface area contributed by atoms with Gasteiger partial charge in [-0.25, -0.2) is 0 Å². The molecule has 5 nitrogen and oxygen atoms in total. The molecular weight excluding hydrogens is 500 g/mol.